The molecule has 0 amide bonds. The Labute approximate surface area is 357 Å². The first-order valence-corrected chi connectivity index (χ1v) is 20.0. The molecule has 1 aliphatic heterocycles. The summed E-state index contributed by atoms with van der Waals surface area (Å²) in [6, 6.07) is 55.9. The average molecular weight is 936 g/mol. The van der Waals surface area contributed by atoms with Crippen LogP contribution in [0, 0.1) is 46.8 Å². The molecule has 0 saturated heterocycles. The molecule has 9 rings (SSSR count). The van der Waals surface area contributed by atoms with Crippen LogP contribution in [-0.2, 0) is 21.1 Å². The van der Waals surface area contributed by atoms with Gasteiger partial charge in [0, 0.05) is 23.3 Å². The Morgan fingerprint density at radius 1 is 0.586 bits per heavy atom. The Kier molecular flexibility index (Phi) is 10.1. The monoisotopic (exact) mass is 935 g/mol. The quantitative estimate of drug-likeness (QED) is 0.149. The third-order valence-electron chi connectivity index (χ3n) is 12.3. The van der Waals surface area contributed by atoms with Crippen molar-refractivity contribution in [2.24, 2.45) is 4.99 Å². The maximum Gasteiger partial charge on any atom is 2.00 e. The van der Waals surface area contributed by atoms with E-state index in [4.69, 9.17) is 9.98 Å². The largest absolute Gasteiger partial charge is 2.00 e. The van der Waals surface area contributed by atoms with Gasteiger partial charge in [0.2, 0.25) is 0 Å². The number of aromatic nitrogens is 2. The summed E-state index contributed by atoms with van der Waals surface area (Å²) in [6.07, 6.45) is 1.87. The molecule has 0 unspecified atom stereocenters. The van der Waals surface area contributed by atoms with Gasteiger partial charge in [-0.2, -0.15) is 0 Å². The van der Waals surface area contributed by atoms with Gasteiger partial charge in [-0.05, 0) is 105 Å². The van der Waals surface area contributed by atoms with Gasteiger partial charge in [0.15, 0.2) is 0 Å². The Balaban J connectivity index is 0.00000469. The van der Waals surface area contributed by atoms with E-state index in [0.717, 1.165) is 50.3 Å². The van der Waals surface area contributed by atoms with Crippen molar-refractivity contribution in [3.8, 4) is 16.9 Å². The van der Waals surface area contributed by atoms with Crippen molar-refractivity contribution in [1.82, 2.24) is 9.55 Å². The molecule has 5 heteroatoms. The molecule has 8 aromatic rings. The molecule has 0 spiro atoms. The van der Waals surface area contributed by atoms with Gasteiger partial charge in [-0.3, -0.25) is 0 Å². The number of amidine groups is 1. The summed E-state index contributed by atoms with van der Waals surface area (Å²) in [5.41, 5.74) is 14.5. The van der Waals surface area contributed by atoms with Crippen LogP contribution in [0.3, 0.4) is 0 Å². The van der Waals surface area contributed by atoms with E-state index >= 15 is 0 Å². The predicted octanol–water partition coefficient (Wildman–Crippen LogP) is 12.6. The summed E-state index contributed by atoms with van der Waals surface area (Å²) in [5, 5.41) is 2.32. The van der Waals surface area contributed by atoms with Gasteiger partial charge in [-0.15, -0.1) is 53.1 Å². The van der Waals surface area contributed by atoms with E-state index in [1.54, 1.807) is 0 Å². The van der Waals surface area contributed by atoms with Crippen molar-refractivity contribution in [3.63, 3.8) is 0 Å². The first-order chi connectivity index (χ1) is 27.4. The van der Waals surface area contributed by atoms with Crippen molar-refractivity contribution < 1.29 is 21.1 Å². The maximum absolute atomic E-state index is 5.99. The molecule has 290 valence electrons. The van der Waals surface area contributed by atoms with Crippen molar-refractivity contribution in [3.05, 3.63) is 196 Å². The molecule has 0 radical (unpaired) electrons. The zero-order chi connectivity index (χ0) is 39.6. The number of aryl methyl sites for hydroxylation is 5. The van der Waals surface area contributed by atoms with E-state index in [1.807, 2.05) is 12.3 Å². The third-order valence-corrected chi connectivity index (χ3v) is 12.3. The molecule has 0 aliphatic carbocycles. The van der Waals surface area contributed by atoms with Gasteiger partial charge in [-0.1, -0.05) is 120 Å². The second-order valence-electron chi connectivity index (χ2n) is 16.6. The summed E-state index contributed by atoms with van der Waals surface area (Å²) in [4.78, 5) is 13.3. The van der Waals surface area contributed by atoms with Gasteiger partial charge in [0.05, 0.1) is 16.9 Å². The van der Waals surface area contributed by atoms with Crippen molar-refractivity contribution in [1.29, 1.82) is 0 Å². The zero-order valence-corrected chi connectivity index (χ0v) is 36.7. The Bertz CT molecular complexity index is 2790. The molecule has 1 atom stereocenters. The Hall–Kier alpha value is -5.57. The summed E-state index contributed by atoms with van der Waals surface area (Å²) in [6.45, 7) is 18.1. The van der Waals surface area contributed by atoms with Crippen LogP contribution in [0.4, 0.5) is 5.69 Å². The number of aliphatic imine (C=N–C) groups is 1. The van der Waals surface area contributed by atoms with Crippen LogP contribution in [0.1, 0.15) is 71.2 Å². The molecule has 3 heterocycles. The smallest absolute Gasteiger partial charge is 0.358 e. The molecule has 4 nitrogen and oxygen atoms in total. The van der Waals surface area contributed by atoms with Gasteiger partial charge < -0.3 is 19.4 Å². The van der Waals surface area contributed by atoms with Gasteiger partial charge in [0.1, 0.15) is 0 Å². The van der Waals surface area contributed by atoms with Crippen LogP contribution in [0.2, 0.25) is 0 Å². The van der Waals surface area contributed by atoms with Gasteiger partial charge >= 0.3 is 21.1 Å². The predicted molar refractivity (Wildman–Crippen MR) is 238 cm³/mol. The molecular weight excluding hydrogens is 888 g/mol. The van der Waals surface area contributed by atoms with E-state index in [9.17, 15) is 0 Å². The normalized spacial score (nSPS) is 16.2. The van der Waals surface area contributed by atoms with Crippen molar-refractivity contribution in [2.75, 3.05) is 4.90 Å². The minimum atomic E-state index is -0.594. The fourth-order valence-corrected chi connectivity index (χ4v) is 9.45. The van der Waals surface area contributed by atoms with E-state index in [-0.39, 0.29) is 27.0 Å². The molecule has 58 heavy (non-hydrogen) atoms. The second-order valence-corrected chi connectivity index (χ2v) is 16.6. The number of pyridine rings is 1. The summed E-state index contributed by atoms with van der Waals surface area (Å²) < 4.78 is 2.32. The zero-order valence-electron chi connectivity index (χ0n) is 34.5. The van der Waals surface area contributed by atoms with Crippen LogP contribution >= 0.6 is 0 Å². The molecule has 0 fully saturated rings. The first-order valence-electron chi connectivity index (χ1n) is 20.0. The Morgan fingerprint density at radius 3 is 1.86 bits per heavy atom. The molecular formula is C53H48N4Pt. The van der Waals surface area contributed by atoms with Crippen LogP contribution in [-0.4, -0.2) is 26.5 Å². The number of fused-ring (bicyclic) bond motifs is 3. The molecule has 6 aromatic carbocycles. The minimum absolute atomic E-state index is 0. The van der Waals surface area contributed by atoms with E-state index < -0.39 is 11.1 Å². The number of nitrogens with zero attached hydrogens (tertiary/aromatic N) is 4. The fourth-order valence-electron chi connectivity index (χ4n) is 9.45. The number of benzene rings is 6. The van der Waals surface area contributed by atoms with Crippen LogP contribution in [0.15, 0.2) is 145 Å². The number of rotatable bonds is 7. The Morgan fingerprint density at radius 2 is 1.21 bits per heavy atom. The van der Waals surface area contributed by atoms with Crippen LogP contribution < -0.4 is 4.90 Å². The number of hydrogen-bond donors (Lipinski definition) is 0. The summed E-state index contributed by atoms with van der Waals surface area (Å²) >= 11 is 0. The van der Waals surface area contributed by atoms with Gasteiger partial charge in [0.25, 0.3) is 0 Å². The maximum atomic E-state index is 5.99. The topological polar surface area (TPSA) is 33.4 Å². The molecule has 0 bridgehead atoms. The number of hydrogen-bond acceptors (Lipinski definition) is 3. The molecule has 1 aliphatic rings. The van der Waals surface area contributed by atoms with E-state index in [1.165, 1.54) is 44.5 Å². The van der Waals surface area contributed by atoms with Crippen LogP contribution in [0.5, 0.6) is 0 Å². The van der Waals surface area contributed by atoms with Crippen molar-refractivity contribution >= 4 is 33.3 Å². The van der Waals surface area contributed by atoms with Crippen LogP contribution in [0.25, 0.3) is 38.8 Å². The minimum Gasteiger partial charge on any atom is -0.358 e. The SMILES string of the molecule is Cc1cc(C2=N[C@](C)(C(c3ccccc3)c3ccccc3)C(C)(C)N2c2c(C)cc(C)cc2C)[c-]c(-n2c3[c-]c(-c4cc(C)ccn4)ccc3c3ccccc32)c1.[Pt+2]. The fraction of sp³-hybridized carbons (Fsp3) is 0.208. The van der Waals surface area contributed by atoms with Crippen molar-refractivity contribution in [2.45, 2.75) is 72.4 Å². The molecule has 0 saturated carbocycles. The van der Waals surface area contributed by atoms with Gasteiger partial charge in [-0.25, -0.2) is 0 Å². The average Bonchev–Trinajstić information content (AvgIpc) is 3.63. The third kappa shape index (κ3) is 6.43. The summed E-state index contributed by atoms with van der Waals surface area (Å²) in [7, 11) is 0. The number of para-hydroxylation sites is 1. The standard InChI is InChI=1S/C53H48N4.Pt/c1-34-25-26-54-46(31-34)41-23-24-45-44-21-15-16-22-47(44)56(48(45)33-41)43-30-36(3)29-42(32-43)51-55-53(8,49(39-17-11-9-12-18-39)40-19-13-10-14-20-40)52(6,7)57(51)50-37(4)27-35(2)28-38(50)5;/h9-31,49H,1-8H3;/q-2;+2/t53-;/m1./s1. The van der Waals surface area contributed by atoms with E-state index in [2.05, 4.69) is 204 Å². The first kappa shape index (κ1) is 39.3. The second kappa shape index (κ2) is 15.0. The number of anilines is 1. The molecule has 2 aromatic heterocycles. The van der Waals surface area contributed by atoms with E-state index in [0.29, 0.717) is 0 Å². The summed E-state index contributed by atoms with van der Waals surface area (Å²) in [5.74, 6) is 0.902. The molecule has 0 N–H and O–H groups in total.